The minimum atomic E-state index is -3.49. The molecular weight excluding hydrogens is 262 g/mol. The van der Waals surface area contributed by atoms with Crippen LogP contribution in [-0.2, 0) is 10.0 Å². The highest BCUT2D eigenvalue weighted by atomic mass is 32.2. The first kappa shape index (κ1) is 14.5. The largest absolute Gasteiger partial charge is 0.393 e. The summed E-state index contributed by atoms with van der Waals surface area (Å²) in [5, 5.41) is 9.72. The van der Waals surface area contributed by atoms with Crippen LogP contribution >= 0.6 is 0 Å². The number of hydrogen-bond acceptors (Lipinski definition) is 3. The molecule has 1 aliphatic rings. The normalized spacial score (nSPS) is 23.7. The van der Waals surface area contributed by atoms with Crippen LogP contribution in [0.1, 0.15) is 30.4 Å². The highest BCUT2D eigenvalue weighted by molar-refractivity contribution is 7.89. The molecule has 0 bridgehead atoms. The van der Waals surface area contributed by atoms with Crippen molar-refractivity contribution in [2.24, 2.45) is 5.92 Å². The number of aryl methyl sites for hydroxylation is 2. The highest BCUT2D eigenvalue weighted by Gasteiger charge is 2.27. The molecular formula is C14H21NO3S. The number of hydrogen-bond donors (Lipinski definition) is 2. The van der Waals surface area contributed by atoms with E-state index in [1.54, 1.807) is 13.0 Å². The summed E-state index contributed by atoms with van der Waals surface area (Å²) in [6, 6.07) is 5.39. The summed E-state index contributed by atoms with van der Waals surface area (Å²) in [7, 11) is -3.49. The Morgan fingerprint density at radius 1 is 1.32 bits per heavy atom. The summed E-state index contributed by atoms with van der Waals surface area (Å²) >= 11 is 0. The van der Waals surface area contributed by atoms with Crippen LogP contribution in [0.3, 0.4) is 0 Å². The first-order valence-electron chi connectivity index (χ1n) is 6.65. The third kappa shape index (κ3) is 3.35. The van der Waals surface area contributed by atoms with Gasteiger partial charge in [0.05, 0.1) is 11.0 Å². The van der Waals surface area contributed by atoms with E-state index in [9.17, 15) is 13.5 Å². The smallest absolute Gasteiger partial charge is 0.240 e. The van der Waals surface area contributed by atoms with Crippen molar-refractivity contribution in [1.82, 2.24) is 4.72 Å². The fourth-order valence-electron chi connectivity index (χ4n) is 2.55. The fraction of sp³-hybridized carbons (Fsp3) is 0.571. The van der Waals surface area contributed by atoms with Gasteiger partial charge in [-0.05, 0) is 49.8 Å². The second-order valence-electron chi connectivity index (χ2n) is 5.38. The topological polar surface area (TPSA) is 66.4 Å². The summed E-state index contributed by atoms with van der Waals surface area (Å²) in [4.78, 5) is 0.333. The molecule has 106 valence electrons. The maximum atomic E-state index is 12.3. The number of benzene rings is 1. The average Bonchev–Trinajstić information content (AvgIpc) is 2.75. The molecule has 0 spiro atoms. The number of aliphatic hydroxyl groups excluding tert-OH is 1. The summed E-state index contributed by atoms with van der Waals surface area (Å²) < 4.78 is 27.2. The molecule has 0 heterocycles. The lowest BCUT2D eigenvalue weighted by Gasteiger charge is -2.16. The molecule has 1 saturated carbocycles. The van der Waals surface area contributed by atoms with Crippen molar-refractivity contribution >= 4 is 10.0 Å². The lowest BCUT2D eigenvalue weighted by molar-refractivity contribution is 0.134. The lowest BCUT2D eigenvalue weighted by atomic mass is 10.1. The van der Waals surface area contributed by atoms with Crippen LogP contribution < -0.4 is 4.72 Å². The minimum Gasteiger partial charge on any atom is -0.393 e. The van der Waals surface area contributed by atoms with Gasteiger partial charge in [0.15, 0.2) is 0 Å². The minimum absolute atomic E-state index is 0.0416. The molecule has 1 aromatic rings. The van der Waals surface area contributed by atoms with E-state index in [4.69, 9.17) is 0 Å². The van der Waals surface area contributed by atoms with Crippen molar-refractivity contribution in [3.63, 3.8) is 0 Å². The molecule has 0 amide bonds. The number of sulfonamides is 1. The summed E-state index contributed by atoms with van der Waals surface area (Å²) in [6.45, 7) is 3.98. The second-order valence-corrected chi connectivity index (χ2v) is 7.11. The van der Waals surface area contributed by atoms with Gasteiger partial charge in [0.25, 0.3) is 0 Å². The maximum Gasteiger partial charge on any atom is 0.240 e. The molecule has 2 rings (SSSR count). The molecule has 4 nitrogen and oxygen atoms in total. The third-order valence-electron chi connectivity index (χ3n) is 3.79. The van der Waals surface area contributed by atoms with Crippen molar-refractivity contribution in [3.05, 3.63) is 29.3 Å². The molecule has 19 heavy (non-hydrogen) atoms. The highest BCUT2D eigenvalue weighted by Crippen LogP contribution is 2.25. The van der Waals surface area contributed by atoms with Crippen LogP contribution in [0.4, 0.5) is 0 Å². The quantitative estimate of drug-likeness (QED) is 0.884. The Balaban J connectivity index is 2.12. The van der Waals surface area contributed by atoms with Crippen LogP contribution in [0.15, 0.2) is 23.1 Å². The van der Waals surface area contributed by atoms with E-state index in [0.29, 0.717) is 11.4 Å². The number of nitrogens with one attached hydrogen (secondary N) is 1. The van der Waals surface area contributed by atoms with Crippen LogP contribution in [0.25, 0.3) is 0 Å². The van der Waals surface area contributed by atoms with Gasteiger partial charge in [0.1, 0.15) is 0 Å². The van der Waals surface area contributed by atoms with Gasteiger partial charge in [-0.3, -0.25) is 0 Å². The van der Waals surface area contributed by atoms with E-state index in [0.717, 1.165) is 30.4 Å². The van der Waals surface area contributed by atoms with Crippen molar-refractivity contribution in [2.75, 3.05) is 6.54 Å². The zero-order chi connectivity index (χ0) is 14.0. The first-order chi connectivity index (χ1) is 8.90. The zero-order valence-corrected chi connectivity index (χ0v) is 12.2. The first-order valence-corrected chi connectivity index (χ1v) is 8.13. The van der Waals surface area contributed by atoms with Crippen molar-refractivity contribution in [2.45, 2.75) is 44.1 Å². The van der Waals surface area contributed by atoms with E-state index in [1.165, 1.54) is 0 Å². The van der Waals surface area contributed by atoms with E-state index in [-0.39, 0.29) is 12.0 Å². The van der Waals surface area contributed by atoms with E-state index in [2.05, 4.69) is 4.72 Å². The molecule has 0 radical (unpaired) electrons. The Kier molecular flexibility index (Phi) is 4.28. The van der Waals surface area contributed by atoms with Gasteiger partial charge >= 0.3 is 0 Å². The predicted molar refractivity (Wildman–Crippen MR) is 74.5 cm³/mol. The monoisotopic (exact) mass is 283 g/mol. The van der Waals surface area contributed by atoms with Crippen molar-refractivity contribution in [1.29, 1.82) is 0 Å². The molecule has 5 heteroatoms. The Hall–Kier alpha value is -0.910. The Morgan fingerprint density at radius 3 is 2.68 bits per heavy atom. The standard InChI is InChI=1S/C14H21NO3S/c1-10-6-7-11(2)14(8-10)19(17,18)15-9-12-4-3-5-13(12)16/h6-8,12-13,15-16H,3-5,9H2,1-2H3. The number of rotatable bonds is 4. The average molecular weight is 283 g/mol. The van der Waals surface area contributed by atoms with E-state index >= 15 is 0 Å². The summed E-state index contributed by atoms with van der Waals surface area (Å²) in [5.41, 5.74) is 1.66. The van der Waals surface area contributed by atoms with Crippen molar-refractivity contribution < 1.29 is 13.5 Å². The number of aliphatic hydroxyl groups is 1. The van der Waals surface area contributed by atoms with E-state index in [1.807, 2.05) is 19.1 Å². The molecule has 2 unspecified atom stereocenters. The predicted octanol–water partition coefficient (Wildman–Crippen LogP) is 1.74. The van der Waals surface area contributed by atoms with E-state index < -0.39 is 10.0 Å². The van der Waals surface area contributed by atoms with Gasteiger partial charge < -0.3 is 5.11 Å². The van der Waals surface area contributed by atoms with Crippen LogP contribution in [0.5, 0.6) is 0 Å². The molecule has 0 aromatic heterocycles. The Bertz CT molecular complexity index is 554. The Labute approximate surface area is 114 Å². The van der Waals surface area contributed by atoms with Crippen LogP contribution in [-0.4, -0.2) is 26.2 Å². The SMILES string of the molecule is Cc1ccc(C)c(S(=O)(=O)NCC2CCCC2O)c1. The molecule has 1 aliphatic carbocycles. The van der Waals surface area contributed by atoms with Gasteiger partial charge in [-0.15, -0.1) is 0 Å². The van der Waals surface area contributed by atoms with Crippen LogP contribution in [0.2, 0.25) is 0 Å². The van der Waals surface area contributed by atoms with Crippen molar-refractivity contribution in [3.8, 4) is 0 Å². The molecule has 0 saturated heterocycles. The van der Waals surface area contributed by atoms with Gasteiger partial charge in [-0.2, -0.15) is 0 Å². The summed E-state index contributed by atoms with van der Waals surface area (Å²) in [6.07, 6.45) is 2.25. The molecule has 0 aliphatic heterocycles. The van der Waals surface area contributed by atoms with Gasteiger partial charge in [0.2, 0.25) is 10.0 Å². The maximum absolute atomic E-state index is 12.3. The molecule has 2 N–H and O–H groups in total. The summed E-state index contributed by atoms with van der Waals surface area (Å²) in [5.74, 6) is 0.0416. The van der Waals surface area contributed by atoms with Gasteiger partial charge in [-0.1, -0.05) is 18.6 Å². The van der Waals surface area contributed by atoms with Gasteiger partial charge in [-0.25, -0.2) is 13.1 Å². The zero-order valence-electron chi connectivity index (χ0n) is 11.4. The van der Waals surface area contributed by atoms with Crippen LogP contribution in [0, 0.1) is 19.8 Å². The fourth-order valence-corrected chi connectivity index (χ4v) is 3.97. The molecule has 1 fully saturated rings. The molecule has 2 atom stereocenters. The van der Waals surface area contributed by atoms with Gasteiger partial charge in [0, 0.05) is 6.54 Å². The lowest BCUT2D eigenvalue weighted by Crippen LogP contribution is -2.32. The second kappa shape index (κ2) is 5.61. The molecule has 1 aromatic carbocycles. The Morgan fingerprint density at radius 2 is 2.05 bits per heavy atom. The third-order valence-corrected chi connectivity index (χ3v) is 5.35.